The van der Waals surface area contributed by atoms with Gasteiger partial charge in [-0.05, 0) is 70.4 Å². The highest BCUT2D eigenvalue weighted by Gasteiger charge is 2.70. The largest absolute Gasteiger partial charge is 0.346 e. The number of benzene rings is 1. The maximum atomic E-state index is 12.9. The van der Waals surface area contributed by atoms with Crippen molar-refractivity contribution in [2.24, 2.45) is 0 Å². The first kappa shape index (κ1) is 20.8. The molecule has 1 N–H and O–H groups in total. The van der Waals surface area contributed by atoms with Gasteiger partial charge in [0, 0.05) is 27.7 Å². The van der Waals surface area contributed by atoms with Crippen LogP contribution in [0, 0.1) is 0 Å². The topological polar surface area (TPSA) is 89.0 Å². The van der Waals surface area contributed by atoms with Crippen molar-refractivity contribution in [1.29, 1.82) is 0 Å². The van der Waals surface area contributed by atoms with Crippen molar-refractivity contribution < 1.29 is 13.2 Å². The Bertz CT molecular complexity index is 1320. The molecule has 6 rings (SSSR count). The van der Waals surface area contributed by atoms with Crippen LogP contribution in [-0.2, 0) is 15.3 Å². The third-order valence-electron chi connectivity index (χ3n) is 6.29. The summed E-state index contributed by atoms with van der Waals surface area (Å²) in [6.07, 6.45) is 3.91. The predicted molar refractivity (Wildman–Crippen MR) is 122 cm³/mol. The molecule has 3 fully saturated rings. The molecule has 31 heavy (non-hydrogen) atoms. The average molecular weight is 476 g/mol. The predicted octanol–water partition coefficient (Wildman–Crippen LogP) is 4.52. The Kier molecular flexibility index (Phi) is 4.37. The van der Waals surface area contributed by atoms with Gasteiger partial charge >= 0.3 is 0 Å². The van der Waals surface area contributed by atoms with E-state index in [1.165, 1.54) is 12.3 Å². The van der Waals surface area contributed by atoms with Gasteiger partial charge in [-0.15, -0.1) is 11.3 Å². The molecule has 3 saturated carbocycles. The fourth-order valence-electron chi connectivity index (χ4n) is 4.60. The van der Waals surface area contributed by atoms with E-state index in [4.69, 9.17) is 16.6 Å². The lowest BCUT2D eigenvalue weighted by Crippen LogP contribution is -2.76. The van der Waals surface area contributed by atoms with Gasteiger partial charge in [-0.3, -0.25) is 4.79 Å². The minimum Gasteiger partial charge on any atom is -0.346 e. The third-order valence-corrected chi connectivity index (χ3v) is 10.2. The zero-order chi connectivity index (χ0) is 22.2. The van der Waals surface area contributed by atoms with Crippen LogP contribution in [-0.4, -0.2) is 34.6 Å². The standard InChI is InChI=1S/C22H22ClN3O3S2/c1-20(2,3)31(28,29)17-8-13(6-7-24-17)18(27)26-22-10-21(11-22,12-22)19-25-15-9-14(23)4-5-16(15)30-19/h4-9H,10-12H2,1-3H3,(H,26,27). The number of nitrogens with zero attached hydrogens (tertiary/aromatic N) is 2. The summed E-state index contributed by atoms with van der Waals surface area (Å²) in [6.45, 7) is 4.86. The highest BCUT2D eigenvalue weighted by molar-refractivity contribution is 7.92. The van der Waals surface area contributed by atoms with Crippen molar-refractivity contribution >= 4 is 48.9 Å². The fourth-order valence-corrected chi connectivity index (χ4v) is 7.01. The SMILES string of the molecule is CC(C)(C)S(=O)(=O)c1cc(C(=O)NC23CC(c4nc5cc(Cl)ccc5s4)(C2)C3)ccn1. The number of halogens is 1. The van der Waals surface area contributed by atoms with Crippen molar-refractivity contribution in [2.75, 3.05) is 0 Å². The van der Waals surface area contributed by atoms with Gasteiger partial charge in [0.15, 0.2) is 14.9 Å². The first-order valence-corrected chi connectivity index (χ1v) is 12.7. The van der Waals surface area contributed by atoms with Gasteiger partial charge in [-0.25, -0.2) is 18.4 Å². The van der Waals surface area contributed by atoms with Crippen LogP contribution in [0.1, 0.15) is 55.4 Å². The number of rotatable bonds is 4. The van der Waals surface area contributed by atoms with E-state index in [1.807, 2.05) is 18.2 Å². The van der Waals surface area contributed by atoms with Crippen LogP contribution < -0.4 is 5.32 Å². The summed E-state index contributed by atoms with van der Waals surface area (Å²) in [5.74, 6) is -0.267. The Morgan fingerprint density at radius 1 is 1.16 bits per heavy atom. The molecule has 3 aliphatic carbocycles. The number of aromatic nitrogens is 2. The second-order valence-corrected chi connectivity index (χ2v) is 13.8. The van der Waals surface area contributed by atoms with Gasteiger partial charge in [-0.1, -0.05) is 11.6 Å². The number of hydrogen-bond acceptors (Lipinski definition) is 6. The van der Waals surface area contributed by atoms with Gasteiger partial charge in [0.25, 0.3) is 5.91 Å². The smallest absolute Gasteiger partial charge is 0.251 e. The van der Waals surface area contributed by atoms with Gasteiger partial charge in [0.2, 0.25) is 0 Å². The quantitative estimate of drug-likeness (QED) is 0.599. The summed E-state index contributed by atoms with van der Waals surface area (Å²) in [4.78, 5) is 21.6. The molecule has 3 aromatic rings. The molecule has 162 valence electrons. The summed E-state index contributed by atoms with van der Waals surface area (Å²) in [5.41, 5.74) is 1.02. The summed E-state index contributed by atoms with van der Waals surface area (Å²) in [7, 11) is -3.63. The number of nitrogens with one attached hydrogen (secondary N) is 1. The molecule has 2 aromatic heterocycles. The molecule has 3 aliphatic rings. The van der Waals surface area contributed by atoms with Crippen LogP contribution in [0.3, 0.4) is 0 Å². The highest BCUT2D eigenvalue weighted by Crippen LogP contribution is 2.68. The number of amides is 1. The van der Waals surface area contributed by atoms with Crippen LogP contribution in [0.25, 0.3) is 10.2 Å². The van der Waals surface area contributed by atoms with E-state index in [0.717, 1.165) is 34.5 Å². The first-order chi connectivity index (χ1) is 14.4. The van der Waals surface area contributed by atoms with Gasteiger partial charge in [0.1, 0.15) is 5.01 Å². The lowest BCUT2D eigenvalue weighted by Gasteiger charge is -2.69. The van der Waals surface area contributed by atoms with E-state index in [-0.39, 0.29) is 21.9 Å². The van der Waals surface area contributed by atoms with Crippen molar-refractivity contribution in [3.8, 4) is 0 Å². The van der Waals surface area contributed by atoms with Crippen LogP contribution in [0.4, 0.5) is 0 Å². The van der Waals surface area contributed by atoms with Crippen LogP contribution in [0.2, 0.25) is 5.02 Å². The zero-order valence-electron chi connectivity index (χ0n) is 17.4. The van der Waals surface area contributed by atoms with Crippen molar-refractivity contribution in [3.05, 3.63) is 52.1 Å². The van der Waals surface area contributed by atoms with E-state index in [0.29, 0.717) is 10.6 Å². The number of sulfone groups is 1. The maximum Gasteiger partial charge on any atom is 0.251 e. The molecule has 6 nitrogen and oxygen atoms in total. The van der Waals surface area contributed by atoms with Crippen LogP contribution in [0.15, 0.2) is 41.6 Å². The Labute approximate surface area is 190 Å². The number of fused-ring (bicyclic) bond motifs is 1. The molecule has 9 heteroatoms. The molecule has 1 aromatic carbocycles. The molecule has 2 heterocycles. The van der Waals surface area contributed by atoms with Crippen LogP contribution >= 0.6 is 22.9 Å². The van der Waals surface area contributed by atoms with Crippen molar-refractivity contribution in [1.82, 2.24) is 15.3 Å². The normalized spacial score (nSPS) is 25.0. The number of carbonyl (C=O) groups is 1. The summed E-state index contributed by atoms with van der Waals surface area (Å²) in [5, 5.41) is 4.83. The molecular formula is C22H22ClN3O3S2. The number of thiazole rings is 1. The first-order valence-electron chi connectivity index (χ1n) is 10.0. The Balaban J connectivity index is 1.31. The highest BCUT2D eigenvalue weighted by atomic mass is 35.5. The van der Waals surface area contributed by atoms with E-state index in [1.54, 1.807) is 38.2 Å². The van der Waals surface area contributed by atoms with E-state index in [9.17, 15) is 13.2 Å². The lowest BCUT2D eigenvalue weighted by molar-refractivity contribution is -0.0807. The molecule has 0 radical (unpaired) electrons. The van der Waals surface area contributed by atoms with Gasteiger partial charge < -0.3 is 5.32 Å². The maximum absolute atomic E-state index is 12.9. The zero-order valence-corrected chi connectivity index (χ0v) is 19.8. The Hall–Kier alpha value is -2.03. The monoisotopic (exact) mass is 475 g/mol. The molecule has 0 aliphatic heterocycles. The minimum atomic E-state index is -3.63. The minimum absolute atomic E-state index is 0.0302. The van der Waals surface area contributed by atoms with Crippen molar-refractivity contribution in [3.63, 3.8) is 0 Å². The van der Waals surface area contributed by atoms with E-state index >= 15 is 0 Å². The number of pyridine rings is 1. The molecular weight excluding hydrogens is 454 g/mol. The molecule has 0 unspecified atom stereocenters. The lowest BCUT2D eigenvalue weighted by atomic mass is 9.39. The van der Waals surface area contributed by atoms with Gasteiger partial charge in [-0.2, -0.15) is 0 Å². The van der Waals surface area contributed by atoms with Crippen molar-refractivity contribution in [2.45, 2.75) is 60.8 Å². The second-order valence-electron chi connectivity index (χ2n) is 9.67. The molecule has 1 amide bonds. The van der Waals surface area contributed by atoms with Crippen LogP contribution in [0.5, 0.6) is 0 Å². The molecule has 2 bridgehead atoms. The molecule has 0 saturated heterocycles. The summed E-state index contributed by atoms with van der Waals surface area (Å²) >= 11 is 7.77. The Morgan fingerprint density at radius 3 is 2.55 bits per heavy atom. The third kappa shape index (κ3) is 3.18. The van der Waals surface area contributed by atoms with E-state index < -0.39 is 14.6 Å². The second kappa shape index (κ2) is 6.49. The molecule has 0 atom stereocenters. The Morgan fingerprint density at radius 2 is 1.87 bits per heavy atom. The van der Waals surface area contributed by atoms with Gasteiger partial charge in [0.05, 0.1) is 15.0 Å². The summed E-state index contributed by atoms with van der Waals surface area (Å²) < 4.78 is 25.5. The molecule has 0 spiro atoms. The number of carbonyl (C=O) groups excluding carboxylic acids is 1. The summed E-state index contributed by atoms with van der Waals surface area (Å²) in [6, 6.07) is 8.67. The average Bonchev–Trinajstić information content (AvgIpc) is 3.05. The van der Waals surface area contributed by atoms with E-state index in [2.05, 4.69) is 10.3 Å². The number of hydrogen-bond donors (Lipinski definition) is 1. The fraction of sp³-hybridized carbons (Fsp3) is 0.409.